The minimum atomic E-state index is -0.505. The van der Waals surface area contributed by atoms with E-state index in [0.29, 0.717) is 6.54 Å². The smallest absolute Gasteiger partial charge is 0.309 e. The van der Waals surface area contributed by atoms with Crippen LogP contribution >= 0.6 is 0 Å². The van der Waals surface area contributed by atoms with Crippen LogP contribution in [-0.2, 0) is 16.6 Å². The summed E-state index contributed by atoms with van der Waals surface area (Å²) in [6.07, 6.45) is 12.4. The number of carbonyl (C=O) groups is 2. The van der Waals surface area contributed by atoms with Crippen molar-refractivity contribution in [2.24, 2.45) is 7.05 Å². The Morgan fingerprint density at radius 1 is 1.04 bits per heavy atom. The van der Waals surface area contributed by atoms with Gasteiger partial charge >= 0.3 is 11.8 Å². The summed E-state index contributed by atoms with van der Waals surface area (Å²) in [6, 6.07) is 4.42. The van der Waals surface area contributed by atoms with E-state index in [2.05, 4.69) is 26.2 Å². The van der Waals surface area contributed by atoms with Crippen LogP contribution in [0.1, 0.15) is 69.5 Å². The van der Waals surface area contributed by atoms with E-state index in [1.54, 1.807) is 0 Å². The topological polar surface area (TPSA) is 66.4 Å². The summed E-state index contributed by atoms with van der Waals surface area (Å²) < 4.78 is 2.11. The number of likely N-dealkylation sites (tertiary alicyclic amines) is 1. The molecule has 0 bridgehead atoms. The van der Waals surface area contributed by atoms with Crippen molar-refractivity contribution in [3.05, 3.63) is 24.0 Å². The van der Waals surface area contributed by atoms with Gasteiger partial charge < -0.3 is 15.2 Å². The first-order chi connectivity index (χ1) is 13.1. The van der Waals surface area contributed by atoms with Crippen LogP contribution in [0, 0.1) is 0 Å². The molecule has 1 aliphatic carbocycles. The largest absolute Gasteiger partial charge is 0.353 e. The van der Waals surface area contributed by atoms with E-state index < -0.39 is 11.8 Å². The van der Waals surface area contributed by atoms with Gasteiger partial charge in [-0.2, -0.15) is 0 Å². The zero-order valence-electron chi connectivity index (χ0n) is 16.6. The maximum absolute atomic E-state index is 12.4. The summed E-state index contributed by atoms with van der Waals surface area (Å²) in [7, 11) is 2.04. The highest BCUT2D eigenvalue weighted by molar-refractivity contribution is 6.35. The molecule has 2 aliphatic rings. The summed E-state index contributed by atoms with van der Waals surface area (Å²) in [5, 5.41) is 5.81. The molecule has 2 N–H and O–H groups in total. The SMILES string of the molecule is Cn1cccc1C(CNC(=O)C(=O)NC1CCCCC1)N1CCCCCC1. The summed E-state index contributed by atoms with van der Waals surface area (Å²) in [6.45, 7) is 2.55. The molecule has 1 aliphatic heterocycles. The number of carbonyl (C=O) groups excluding carboxylic acids is 2. The fourth-order valence-corrected chi connectivity index (χ4v) is 4.42. The second kappa shape index (κ2) is 9.93. The van der Waals surface area contributed by atoms with Gasteiger partial charge in [-0.05, 0) is 50.9 Å². The van der Waals surface area contributed by atoms with E-state index in [0.717, 1.165) is 38.8 Å². The van der Waals surface area contributed by atoms with Gasteiger partial charge in [-0.25, -0.2) is 0 Å². The second-order valence-electron chi connectivity index (χ2n) is 8.03. The van der Waals surface area contributed by atoms with Crippen LogP contribution in [0.5, 0.6) is 0 Å². The molecule has 150 valence electrons. The Hall–Kier alpha value is -1.82. The number of hydrogen-bond donors (Lipinski definition) is 2. The molecule has 1 aromatic heterocycles. The van der Waals surface area contributed by atoms with E-state index in [1.165, 1.54) is 37.8 Å². The number of amides is 2. The first kappa shape index (κ1) is 19.9. The molecule has 1 saturated carbocycles. The Labute approximate surface area is 162 Å². The molecule has 27 heavy (non-hydrogen) atoms. The molecule has 6 heteroatoms. The zero-order chi connectivity index (χ0) is 19.1. The summed E-state index contributed by atoms with van der Waals surface area (Å²) in [5.41, 5.74) is 1.19. The van der Waals surface area contributed by atoms with Crippen molar-refractivity contribution in [1.82, 2.24) is 20.1 Å². The molecule has 3 rings (SSSR count). The average molecular weight is 375 g/mol. The van der Waals surface area contributed by atoms with Crippen molar-refractivity contribution in [3.8, 4) is 0 Å². The predicted molar refractivity (Wildman–Crippen MR) is 106 cm³/mol. The van der Waals surface area contributed by atoms with Crippen molar-refractivity contribution < 1.29 is 9.59 Å². The van der Waals surface area contributed by atoms with Gasteiger partial charge in [0.2, 0.25) is 0 Å². The highest BCUT2D eigenvalue weighted by atomic mass is 16.2. The molecular weight excluding hydrogens is 340 g/mol. The number of rotatable bonds is 5. The Kier molecular flexibility index (Phi) is 7.33. The molecule has 0 radical (unpaired) electrons. The third-order valence-corrected chi connectivity index (χ3v) is 6.01. The summed E-state index contributed by atoms with van der Waals surface area (Å²) in [4.78, 5) is 27.1. The molecular formula is C21H34N4O2. The van der Waals surface area contributed by atoms with Crippen molar-refractivity contribution >= 4 is 11.8 Å². The Bertz CT molecular complexity index is 613. The van der Waals surface area contributed by atoms with Gasteiger partial charge in [0.25, 0.3) is 0 Å². The first-order valence-corrected chi connectivity index (χ1v) is 10.6. The van der Waals surface area contributed by atoms with E-state index in [9.17, 15) is 9.59 Å². The molecule has 1 unspecified atom stereocenters. The monoisotopic (exact) mass is 374 g/mol. The molecule has 1 atom stereocenters. The number of aromatic nitrogens is 1. The Morgan fingerprint density at radius 3 is 2.33 bits per heavy atom. The fraction of sp³-hybridized carbons (Fsp3) is 0.714. The minimum absolute atomic E-state index is 0.106. The van der Waals surface area contributed by atoms with Gasteiger partial charge in [0.1, 0.15) is 0 Å². The van der Waals surface area contributed by atoms with Crippen LogP contribution < -0.4 is 10.6 Å². The van der Waals surface area contributed by atoms with Crippen molar-refractivity contribution in [1.29, 1.82) is 0 Å². The van der Waals surface area contributed by atoms with Crippen LogP contribution in [0.4, 0.5) is 0 Å². The van der Waals surface area contributed by atoms with Crippen LogP contribution in [-0.4, -0.2) is 47.0 Å². The number of nitrogens with one attached hydrogen (secondary N) is 2. The van der Waals surface area contributed by atoms with Crippen molar-refractivity contribution in [3.63, 3.8) is 0 Å². The third kappa shape index (κ3) is 5.58. The lowest BCUT2D eigenvalue weighted by Crippen LogP contribution is -2.47. The molecule has 2 heterocycles. The van der Waals surface area contributed by atoms with Crippen LogP contribution in [0.25, 0.3) is 0 Å². The van der Waals surface area contributed by atoms with Crippen molar-refractivity contribution in [2.75, 3.05) is 19.6 Å². The lowest BCUT2D eigenvalue weighted by Gasteiger charge is -2.31. The van der Waals surface area contributed by atoms with Gasteiger partial charge in [-0.15, -0.1) is 0 Å². The first-order valence-electron chi connectivity index (χ1n) is 10.6. The molecule has 6 nitrogen and oxygen atoms in total. The van der Waals surface area contributed by atoms with E-state index in [4.69, 9.17) is 0 Å². The molecule has 2 fully saturated rings. The Balaban J connectivity index is 1.59. The number of hydrogen-bond acceptors (Lipinski definition) is 3. The quantitative estimate of drug-likeness (QED) is 0.778. The van der Waals surface area contributed by atoms with Gasteiger partial charge in [0, 0.05) is 31.5 Å². The normalized spacial score (nSPS) is 20.6. The second-order valence-corrected chi connectivity index (χ2v) is 8.03. The van der Waals surface area contributed by atoms with Gasteiger partial charge in [-0.3, -0.25) is 14.5 Å². The molecule has 0 aromatic carbocycles. The van der Waals surface area contributed by atoms with Gasteiger partial charge in [-0.1, -0.05) is 32.1 Å². The maximum Gasteiger partial charge on any atom is 0.309 e. The average Bonchev–Trinajstić information content (AvgIpc) is 2.93. The van der Waals surface area contributed by atoms with Gasteiger partial charge in [0.15, 0.2) is 0 Å². The summed E-state index contributed by atoms with van der Waals surface area (Å²) >= 11 is 0. The van der Waals surface area contributed by atoms with E-state index in [1.807, 2.05) is 19.3 Å². The highest BCUT2D eigenvalue weighted by Gasteiger charge is 2.26. The van der Waals surface area contributed by atoms with E-state index in [-0.39, 0.29) is 12.1 Å². The Morgan fingerprint density at radius 2 is 1.70 bits per heavy atom. The molecule has 2 amide bonds. The lowest BCUT2D eigenvalue weighted by molar-refractivity contribution is -0.139. The summed E-state index contributed by atoms with van der Waals surface area (Å²) in [5.74, 6) is -0.988. The predicted octanol–water partition coefficient (Wildman–Crippen LogP) is 2.51. The third-order valence-electron chi connectivity index (χ3n) is 6.01. The lowest BCUT2D eigenvalue weighted by atomic mass is 9.95. The van der Waals surface area contributed by atoms with E-state index >= 15 is 0 Å². The molecule has 1 aromatic rings. The van der Waals surface area contributed by atoms with Crippen LogP contribution in [0.15, 0.2) is 18.3 Å². The van der Waals surface area contributed by atoms with Crippen LogP contribution in [0.3, 0.4) is 0 Å². The van der Waals surface area contributed by atoms with Crippen LogP contribution in [0.2, 0.25) is 0 Å². The number of aryl methyl sites for hydroxylation is 1. The minimum Gasteiger partial charge on any atom is -0.353 e. The molecule has 1 saturated heterocycles. The highest BCUT2D eigenvalue weighted by Crippen LogP contribution is 2.24. The molecule has 0 spiro atoms. The zero-order valence-corrected chi connectivity index (χ0v) is 16.6. The number of nitrogens with zero attached hydrogens (tertiary/aromatic N) is 2. The fourth-order valence-electron chi connectivity index (χ4n) is 4.42. The van der Waals surface area contributed by atoms with Gasteiger partial charge in [0.05, 0.1) is 6.04 Å². The standard InChI is InChI=1S/C21H34N4O2/c1-24-13-9-12-18(24)19(25-14-7-2-3-8-15-25)16-22-20(26)21(27)23-17-10-5-4-6-11-17/h9,12-13,17,19H,2-8,10-11,14-16H2,1H3,(H,22,26)(H,23,27). The van der Waals surface area contributed by atoms with Crippen molar-refractivity contribution in [2.45, 2.75) is 69.9 Å². The maximum atomic E-state index is 12.4.